The Labute approximate surface area is 38.3 Å². The van der Waals surface area contributed by atoms with Gasteiger partial charge in [-0.1, -0.05) is 7.43 Å². The summed E-state index contributed by atoms with van der Waals surface area (Å²) in [4.78, 5) is 3.85. The molecule has 0 amide bonds. The molecule has 1 aliphatic heterocycles. The van der Waals surface area contributed by atoms with Crippen LogP contribution in [-0.2, 0) is 0 Å². The van der Waals surface area contributed by atoms with Crippen LogP contribution in [0.25, 0.3) is 0 Å². The molecule has 0 saturated heterocycles. The molecule has 36 valence electrons. The first-order chi connectivity index (χ1) is 2.50. The average molecular weight is 86.1 g/mol. The van der Waals surface area contributed by atoms with Gasteiger partial charge in [0.15, 0.2) is 0 Å². The van der Waals surface area contributed by atoms with E-state index in [9.17, 15) is 0 Å². The van der Waals surface area contributed by atoms with E-state index in [2.05, 4.69) is 10.3 Å². The molecule has 1 heterocycles. The zero-order valence-electron chi connectivity index (χ0n) is 2.94. The Balaban J connectivity index is 0.000000250. The van der Waals surface area contributed by atoms with Crippen LogP contribution < -0.4 is 5.32 Å². The first-order valence-electron chi connectivity index (χ1n) is 1.72. The lowest BCUT2D eigenvalue weighted by Crippen LogP contribution is -2.04. The maximum Gasteiger partial charge on any atom is 0.0825 e. The number of hydrogen-bond acceptors (Lipinski definition) is 2. The highest BCUT2D eigenvalue weighted by atomic mass is 15.0. The first-order valence-corrected chi connectivity index (χ1v) is 1.72. The van der Waals surface area contributed by atoms with Gasteiger partial charge >= 0.3 is 0 Å². The largest absolute Gasteiger partial charge is 0.375 e. The highest BCUT2D eigenvalue weighted by Crippen LogP contribution is 1.68. The number of aliphatic imine (C=N–C) groups is 1. The highest BCUT2D eigenvalue weighted by Gasteiger charge is 1.82. The Morgan fingerprint density at radius 2 is 2.50 bits per heavy atom. The van der Waals surface area contributed by atoms with Gasteiger partial charge in [-0.25, -0.2) is 0 Å². The van der Waals surface area contributed by atoms with Gasteiger partial charge < -0.3 is 5.32 Å². The van der Waals surface area contributed by atoms with E-state index in [1.807, 2.05) is 0 Å². The molecule has 1 rings (SSSR count). The van der Waals surface area contributed by atoms with Gasteiger partial charge in [-0.15, -0.1) is 0 Å². The molecule has 0 spiro atoms. The van der Waals surface area contributed by atoms with Gasteiger partial charge in [-0.3, -0.25) is 4.99 Å². The Morgan fingerprint density at radius 3 is 2.67 bits per heavy atom. The van der Waals surface area contributed by atoms with Crippen molar-refractivity contribution in [2.45, 2.75) is 7.43 Å². The van der Waals surface area contributed by atoms with Crippen molar-refractivity contribution in [3.05, 3.63) is 0 Å². The van der Waals surface area contributed by atoms with E-state index in [1.54, 1.807) is 6.34 Å². The van der Waals surface area contributed by atoms with E-state index in [0.717, 1.165) is 13.1 Å². The molecule has 0 saturated carbocycles. The number of hydrogen-bond donors (Lipinski definition) is 1. The number of rotatable bonds is 0. The Kier molecular flexibility index (Phi) is 2.46. The van der Waals surface area contributed by atoms with Gasteiger partial charge in [0.1, 0.15) is 0 Å². The maximum absolute atomic E-state index is 3.85. The highest BCUT2D eigenvalue weighted by molar-refractivity contribution is 5.56. The lowest BCUT2D eigenvalue weighted by Gasteiger charge is -1.75. The maximum atomic E-state index is 3.85. The minimum Gasteiger partial charge on any atom is -0.375 e. The van der Waals surface area contributed by atoms with Crippen molar-refractivity contribution < 1.29 is 0 Å². The van der Waals surface area contributed by atoms with E-state index < -0.39 is 0 Å². The standard InChI is InChI=1S/C3H6N2.CH4/c1-2-5-3-4-1;/h3H,1-2H2,(H,4,5);1H4. The first kappa shape index (κ1) is 5.47. The van der Waals surface area contributed by atoms with E-state index in [4.69, 9.17) is 0 Å². The van der Waals surface area contributed by atoms with Crippen LogP contribution in [0.2, 0.25) is 0 Å². The fourth-order valence-electron chi connectivity index (χ4n) is 0.323. The minimum absolute atomic E-state index is 0. The second-order valence-electron chi connectivity index (χ2n) is 0.989. The predicted molar refractivity (Wildman–Crippen MR) is 28.1 cm³/mol. The van der Waals surface area contributed by atoms with Crippen LogP contribution in [-0.4, -0.2) is 19.4 Å². The van der Waals surface area contributed by atoms with Crippen LogP contribution in [0.5, 0.6) is 0 Å². The third-order valence-corrected chi connectivity index (χ3v) is 0.568. The molecule has 2 heteroatoms. The van der Waals surface area contributed by atoms with E-state index in [1.165, 1.54) is 0 Å². The summed E-state index contributed by atoms with van der Waals surface area (Å²) in [6.07, 6.45) is 1.74. The van der Waals surface area contributed by atoms with Crippen molar-refractivity contribution in [1.82, 2.24) is 5.32 Å². The van der Waals surface area contributed by atoms with E-state index in [0.29, 0.717) is 0 Å². The summed E-state index contributed by atoms with van der Waals surface area (Å²) >= 11 is 0. The van der Waals surface area contributed by atoms with E-state index in [-0.39, 0.29) is 7.43 Å². The van der Waals surface area contributed by atoms with Crippen LogP contribution in [0.15, 0.2) is 4.99 Å². The SMILES string of the molecule is C.C1=NCCN1. The fourth-order valence-corrected chi connectivity index (χ4v) is 0.323. The molecule has 1 aliphatic rings. The van der Waals surface area contributed by atoms with Crippen molar-refractivity contribution >= 4 is 6.34 Å². The molecule has 0 atom stereocenters. The second-order valence-corrected chi connectivity index (χ2v) is 0.989. The molecule has 0 radical (unpaired) electrons. The van der Waals surface area contributed by atoms with Crippen LogP contribution in [0.1, 0.15) is 7.43 Å². The zero-order valence-corrected chi connectivity index (χ0v) is 2.94. The Morgan fingerprint density at radius 1 is 1.67 bits per heavy atom. The van der Waals surface area contributed by atoms with Crippen molar-refractivity contribution in [2.75, 3.05) is 13.1 Å². The molecular formula is C4H10N2. The third-order valence-electron chi connectivity index (χ3n) is 0.568. The smallest absolute Gasteiger partial charge is 0.0825 e. The average Bonchev–Trinajstić information content (AvgIpc) is 1.76. The van der Waals surface area contributed by atoms with Gasteiger partial charge in [0.05, 0.1) is 12.9 Å². The quantitative estimate of drug-likeness (QED) is 0.449. The van der Waals surface area contributed by atoms with Crippen LogP contribution in [0.3, 0.4) is 0 Å². The molecule has 0 bridgehead atoms. The summed E-state index contributed by atoms with van der Waals surface area (Å²) in [5.74, 6) is 0. The molecule has 0 unspecified atom stereocenters. The molecule has 0 aromatic rings. The summed E-state index contributed by atoms with van der Waals surface area (Å²) in [5.41, 5.74) is 0. The van der Waals surface area contributed by atoms with Crippen LogP contribution in [0, 0.1) is 0 Å². The van der Waals surface area contributed by atoms with Gasteiger partial charge in [0, 0.05) is 6.54 Å². The molecule has 0 aromatic carbocycles. The number of nitrogens with zero attached hydrogens (tertiary/aromatic N) is 1. The summed E-state index contributed by atoms with van der Waals surface area (Å²) in [7, 11) is 0. The van der Waals surface area contributed by atoms with Gasteiger partial charge in [-0.05, 0) is 0 Å². The van der Waals surface area contributed by atoms with Crippen molar-refractivity contribution in [3.8, 4) is 0 Å². The van der Waals surface area contributed by atoms with Crippen molar-refractivity contribution in [3.63, 3.8) is 0 Å². The minimum atomic E-state index is 0. The monoisotopic (exact) mass is 86.1 g/mol. The lowest BCUT2D eigenvalue weighted by atomic mass is 10.7. The molecule has 1 N–H and O–H groups in total. The summed E-state index contributed by atoms with van der Waals surface area (Å²) in [6, 6.07) is 0. The lowest BCUT2D eigenvalue weighted by molar-refractivity contribution is 0.965. The molecule has 0 aliphatic carbocycles. The number of nitrogens with one attached hydrogen (secondary N) is 1. The summed E-state index contributed by atoms with van der Waals surface area (Å²) in [6.45, 7) is 1.99. The topological polar surface area (TPSA) is 24.4 Å². The molecule has 2 nitrogen and oxygen atoms in total. The molecular weight excluding hydrogens is 76.1 g/mol. The molecule has 6 heavy (non-hydrogen) atoms. The zero-order chi connectivity index (χ0) is 3.54. The Hall–Kier alpha value is -0.530. The second kappa shape index (κ2) is 2.69. The normalized spacial score (nSPS) is 16.0. The summed E-state index contributed by atoms with van der Waals surface area (Å²) < 4.78 is 0. The van der Waals surface area contributed by atoms with Crippen LogP contribution >= 0.6 is 0 Å². The van der Waals surface area contributed by atoms with Crippen molar-refractivity contribution in [2.24, 2.45) is 4.99 Å². The summed E-state index contributed by atoms with van der Waals surface area (Å²) in [5, 5.41) is 2.93. The molecule has 0 fully saturated rings. The predicted octanol–water partition coefficient (Wildman–Crippen LogP) is 0.254. The van der Waals surface area contributed by atoms with Gasteiger partial charge in [0.25, 0.3) is 0 Å². The van der Waals surface area contributed by atoms with Gasteiger partial charge in [0.2, 0.25) is 0 Å². The fraction of sp³-hybridized carbons (Fsp3) is 0.750. The third kappa shape index (κ3) is 1.06. The van der Waals surface area contributed by atoms with E-state index >= 15 is 0 Å². The molecule has 0 aromatic heterocycles. The Bertz CT molecular complexity index is 43.5. The van der Waals surface area contributed by atoms with Crippen molar-refractivity contribution in [1.29, 1.82) is 0 Å². The van der Waals surface area contributed by atoms with Gasteiger partial charge in [-0.2, -0.15) is 0 Å². The van der Waals surface area contributed by atoms with Crippen LogP contribution in [0.4, 0.5) is 0 Å².